The van der Waals surface area contributed by atoms with E-state index in [1.165, 1.54) is 54.4 Å². The zero-order valence-electron chi connectivity index (χ0n) is 12.6. The van der Waals surface area contributed by atoms with Gasteiger partial charge in [-0.15, -0.1) is 0 Å². The third-order valence-corrected chi connectivity index (χ3v) is 5.06. The van der Waals surface area contributed by atoms with Crippen molar-refractivity contribution in [3.05, 3.63) is 54.1 Å². The van der Waals surface area contributed by atoms with E-state index in [1.54, 1.807) is 0 Å². The molecule has 2 fully saturated rings. The molecule has 0 bridgehead atoms. The molecule has 0 amide bonds. The van der Waals surface area contributed by atoms with E-state index in [1.807, 2.05) is 0 Å². The summed E-state index contributed by atoms with van der Waals surface area (Å²) >= 11 is 0. The van der Waals surface area contributed by atoms with Crippen LogP contribution in [0.25, 0.3) is 16.5 Å². The Bertz CT molecular complexity index is 836. The first kappa shape index (κ1) is 12.4. The van der Waals surface area contributed by atoms with Gasteiger partial charge in [-0.1, -0.05) is 42.8 Å². The molecule has 0 aliphatic heterocycles. The monoisotopic (exact) mass is 289 g/mol. The molecule has 110 valence electrons. The second-order valence-corrected chi connectivity index (χ2v) is 6.64. The Labute approximate surface area is 130 Å². The second kappa shape index (κ2) is 4.67. The SMILES string of the molecule is c1ccc2c(-n3nc(C4CC4)nc3C3CCC3)cccc2c1. The minimum atomic E-state index is 0.596. The van der Waals surface area contributed by atoms with Crippen molar-refractivity contribution in [2.75, 3.05) is 0 Å². The predicted molar refractivity (Wildman–Crippen MR) is 87.4 cm³/mol. The highest BCUT2D eigenvalue weighted by Crippen LogP contribution is 2.42. The van der Waals surface area contributed by atoms with Gasteiger partial charge in [-0.2, -0.15) is 5.10 Å². The molecule has 3 heteroatoms. The van der Waals surface area contributed by atoms with Gasteiger partial charge in [0.15, 0.2) is 5.82 Å². The fourth-order valence-electron chi connectivity index (χ4n) is 3.36. The average Bonchev–Trinajstić information content (AvgIpc) is 3.27. The Balaban J connectivity index is 1.72. The molecule has 5 rings (SSSR count). The highest BCUT2D eigenvalue weighted by molar-refractivity contribution is 5.90. The van der Waals surface area contributed by atoms with Crippen molar-refractivity contribution in [1.29, 1.82) is 0 Å². The van der Waals surface area contributed by atoms with Crippen LogP contribution >= 0.6 is 0 Å². The van der Waals surface area contributed by atoms with Crippen molar-refractivity contribution in [1.82, 2.24) is 14.8 Å². The molecule has 0 atom stereocenters. The van der Waals surface area contributed by atoms with Crippen molar-refractivity contribution in [2.45, 2.75) is 43.9 Å². The standard InChI is InChI=1S/C19H19N3/c1-2-9-16-13(5-1)6-4-10-17(16)22-19(15-7-3-8-15)20-18(21-22)14-11-12-14/h1-2,4-6,9-10,14-15H,3,7-8,11-12H2. The average molecular weight is 289 g/mol. The number of hydrogen-bond donors (Lipinski definition) is 0. The number of fused-ring (bicyclic) bond motifs is 1. The maximum Gasteiger partial charge on any atom is 0.154 e. The van der Waals surface area contributed by atoms with Crippen LogP contribution in [0.3, 0.4) is 0 Å². The lowest BCUT2D eigenvalue weighted by atomic mass is 9.85. The molecule has 2 saturated carbocycles. The van der Waals surface area contributed by atoms with Crippen LogP contribution in [0.5, 0.6) is 0 Å². The van der Waals surface area contributed by atoms with Gasteiger partial charge < -0.3 is 0 Å². The Kier molecular flexibility index (Phi) is 2.63. The van der Waals surface area contributed by atoms with Crippen molar-refractivity contribution in [2.24, 2.45) is 0 Å². The maximum absolute atomic E-state index is 4.93. The van der Waals surface area contributed by atoms with Gasteiger partial charge in [0.25, 0.3) is 0 Å². The first-order chi connectivity index (χ1) is 10.9. The quantitative estimate of drug-likeness (QED) is 0.707. The topological polar surface area (TPSA) is 30.7 Å². The van der Waals surface area contributed by atoms with E-state index in [0.717, 1.165) is 5.82 Å². The highest BCUT2D eigenvalue weighted by Gasteiger charge is 2.32. The number of benzene rings is 2. The number of rotatable bonds is 3. The summed E-state index contributed by atoms with van der Waals surface area (Å²) in [5.41, 5.74) is 1.18. The van der Waals surface area contributed by atoms with Crippen molar-refractivity contribution < 1.29 is 0 Å². The first-order valence-corrected chi connectivity index (χ1v) is 8.35. The highest BCUT2D eigenvalue weighted by atomic mass is 15.4. The van der Waals surface area contributed by atoms with Crippen LogP contribution in [0.1, 0.15) is 55.6 Å². The molecule has 0 spiro atoms. The van der Waals surface area contributed by atoms with Crippen molar-refractivity contribution in [3.8, 4) is 5.69 Å². The molecule has 0 unspecified atom stereocenters. The number of hydrogen-bond acceptors (Lipinski definition) is 2. The molecule has 0 N–H and O–H groups in total. The van der Waals surface area contributed by atoms with E-state index in [9.17, 15) is 0 Å². The summed E-state index contributed by atoms with van der Waals surface area (Å²) in [6, 6.07) is 15.0. The van der Waals surface area contributed by atoms with E-state index >= 15 is 0 Å². The molecule has 3 nitrogen and oxygen atoms in total. The Morgan fingerprint density at radius 3 is 2.45 bits per heavy atom. The van der Waals surface area contributed by atoms with Gasteiger partial charge in [0.2, 0.25) is 0 Å². The van der Waals surface area contributed by atoms with Gasteiger partial charge in [-0.05, 0) is 37.1 Å². The first-order valence-electron chi connectivity index (χ1n) is 8.35. The summed E-state index contributed by atoms with van der Waals surface area (Å²) in [5.74, 6) is 3.45. The van der Waals surface area contributed by atoms with Crippen LogP contribution in [0.2, 0.25) is 0 Å². The minimum Gasteiger partial charge on any atom is -0.217 e. The summed E-state index contributed by atoms with van der Waals surface area (Å²) in [4.78, 5) is 4.93. The number of nitrogens with zero attached hydrogens (tertiary/aromatic N) is 3. The molecule has 2 aliphatic rings. The lowest BCUT2D eigenvalue weighted by Gasteiger charge is -2.24. The van der Waals surface area contributed by atoms with Gasteiger partial charge >= 0.3 is 0 Å². The zero-order chi connectivity index (χ0) is 14.5. The summed E-state index contributed by atoms with van der Waals surface area (Å²) < 4.78 is 2.14. The van der Waals surface area contributed by atoms with Gasteiger partial charge in [-0.3, -0.25) is 0 Å². The molecule has 1 aromatic heterocycles. The van der Waals surface area contributed by atoms with E-state index in [0.29, 0.717) is 11.8 Å². The normalized spacial score (nSPS) is 18.5. The molecule has 1 heterocycles. The molecule has 22 heavy (non-hydrogen) atoms. The van der Waals surface area contributed by atoms with E-state index < -0.39 is 0 Å². The Hall–Kier alpha value is -2.16. The minimum absolute atomic E-state index is 0.596. The molecule has 3 aromatic rings. The maximum atomic E-state index is 4.93. The summed E-state index contributed by atoms with van der Waals surface area (Å²) in [6.45, 7) is 0. The second-order valence-electron chi connectivity index (χ2n) is 6.64. The third kappa shape index (κ3) is 1.88. The Morgan fingerprint density at radius 2 is 1.68 bits per heavy atom. The van der Waals surface area contributed by atoms with E-state index in [4.69, 9.17) is 10.1 Å². The van der Waals surface area contributed by atoms with Gasteiger partial charge in [0.1, 0.15) is 5.82 Å². The van der Waals surface area contributed by atoms with Gasteiger partial charge in [0, 0.05) is 17.2 Å². The molecular formula is C19H19N3. The van der Waals surface area contributed by atoms with Crippen LogP contribution in [0.4, 0.5) is 0 Å². The summed E-state index contributed by atoms with van der Waals surface area (Å²) in [5, 5.41) is 7.43. The van der Waals surface area contributed by atoms with E-state index in [-0.39, 0.29) is 0 Å². The van der Waals surface area contributed by atoms with Crippen LogP contribution in [-0.2, 0) is 0 Å². The van der Waals surface area contributed by atoms with Crippen LogP contribution in [-0.4, -0.2) is 14.8 Å². The largest absolute Gasteiger partial charge is 0.217 e. The summed E-state index contributed by atoms with van der Waals surface area (Å²) in [6.07, 6.45) is 6.35. The molecule has 2 aliphatic carbocycles. The predicted octanol–water partition coefficient (Wildman–Crippen LogP) is 4.57. The third-order valence-electron chi connectivity index (χ3n) is 5.06. The molecule has 2 aromatic carbocycles. The smallest absolute Gasteiger partial charge is 0.154 e. The summed E-state index contributed by atoms with van der Waals surface area (Å²) in [7, 11) is 0. The van der Waals surface area contributed by atoms with Gasteiger partial charge in [0.05, 0.1) is 5.69 Å². The number of aromatic nitrogens is 3. The van der Waals surface area contributed by atoms with Gasteiger partial charge in [-0.25, -0.2) is 9.67 Å². The Morgan fingerprint density at radius 1 is 0.864 bits per heavy atom. The fourth-order valence-corrected chi connectivity index (χ4v) is 3.36. The zero-order valence-corrected chi connectivity index (χ0v) is 12.6. The molecule has 0 saturated heterocycles. The lowest BCUT2D eigenvalue weighted by molar-refractivity contribution is 0.395. The van der Waals surface area contributed by atoms with Crippen LogP contribution in [0.15, 0.2) is 42.5 Å². The molecular weight excluding hydrogens is 270 g/mol. The van der Waals surface area contributed by atoms with Crippen molar-refractivity contribution >= 4 is 10.8 Å². The van der Waals surface area contributed by atoms with Crippen LogP contribution < -0.4 is 0 Å². The van der Waals surface area contributed by atoms with E-state index in [2.05, 4.69) is 47.1 Å². The lowest BCUT2D eigenvalue weighted by Crippen LogP contribution is -2.15. The molecule has 0 radical (unpaired) electrons. The van der Waals surface area contributed by atoms with Crippen molar-refractivity contribution in [3.63, 3.8) is 0 Å². The van der Waals surface area contributed by atoms with Crippen LogP contribution in [0, 0.1) is 0 Å². The fraction of sp³-hybridized carbons (Fsp3) is 0.368.